The third kappa shape index (κ3) is 10.4. The molecule has 0 radical (unpaired) electrons. The van der Waals surface area contributed by atoms with Crippen molar-refractivity contribution in [2.24, 2.45) is 14.1 Å². The molecule has 0 amide bonds. The maximum atomic E-state index is 12.9. The topological polar surface area (TPSA) is 179 Å². The van der Waals surface area contributed by atoms with Gasteiger partial charge in [-0.25, -0.2) is 19.0 Å². The summed E-state index contributed by atoms with van der Waals surface area (Å²) in [5, 5.41) is 20.4. The number of aliphatic hydroxyl groups is 2. The van der Waals surface area contributed by atoms with E-state index < -0.39 is 41.5 Å². The molecule has 2 aromatic carbocycles. The number of fused-ring (bicyclic) bond motifs is 1. The molecule has 0 fully saturated rings. The highest BCUT2D eigenvalue weighted by Crippen LogP contribution is 2.15. The molecular formula is C34H41N3O12. The third-order valence-electron chi connectivity index (χ3n) is 7.42. The lowest BCUT2D eigenvalue weighted by Gasteiger charge is -2.19. The van der Waals surface area contributed by atoms with Gasteiger partial charge in [-0.05, 0) is 17.2 Å². The van der Waals surface area contributed by atoms with E-state index in [4.69, 9.17) is 28.4 Å². The molecule has 4 rings (SSSR count). The molecule has 49 heavy (non-hydrogen) atoms. The van der Waals surface area contributed by atoms with Crippen LogP contribution in [0.15, 0.2) is 82.5 Å². The van der Waals surface area contributed by atoms with Crippen LogP contribution < -0.4 is 11.2 Å². The van der Waals surface area contributed by atoms with E-state index >= 15 is 0 Å². The fourth-order valence-electron chi connectivity index (χ4n) is 4.75. The van der Waals surface area contributed by atoms with Crippen LogP contribution in [-0.4, -0.2) is 94.8 Å². The zero-order valence-corrected chi connectivity index (χ0v) is 27.3. The summed E-state index contributed by atoms with van der Waals surface area (Å²) in [5.41, 5.74) is 0.717. The Bertz CT molecular complexity index is 1750. The number of esters is 2. The van der Waals surface area contributed by atoms with Crippen LogP contribution >= 0.6 is 0 Å². The van der Waals surface area contributed by atoms with Gasteiger partial charge in [-0.2, -0.15) is 0 Å². The van der Waals surface area contributed by atoms with Gasteiger partial charge < -0.3 is 43.2 Å². The van der Waals surface area contributed by atoms with Gasteiger partial charge in [0, 0.05) is 20.3 Å². The number of aryl methyl sites for hydroxylation is 2. The predicted molar refractivity (Wildman–Crippen MR) is 174 cm³/mol. The normalized spacial score (nSPS) is 13.2. The zero-order chi connectivity index (χ0) is 35.2. The third-order valence-corrected chi connectivity index (χ3v) is 7.42. The number of hydrogen-bond acceptors (Lipinski definition) is 12. The largest absolute Gasteiger partial charge is 0.461 e. The molecule has 15 heteroatoms. The smallest absolute Gasteiger partial charge is 0.339 e. The van der Waals surface area contributed by atoms with Gasteiger partial charge in [-0.15, -0.1) is 0 Å². The van der Waals surface area contributed by atoms with Gasteiger partial charge in [0.15, 0.2) is 12.2 Å². The first kappa shape index (κ1) is 37.2. The second-order valence-electron chi connectivity index (χ2n) is 10.9. The van der Waals surface area contributed by atoms with Gasteiger partial charge in [0.25, 0.3) is 5.56 Å². The fraction of sp³-hybridized carbons (Fsp3) is 0.412. The Morgan fingerprint density at radius 3 is 1.92 bits per heavy atom. The molecule has 0 aliphatic carbocycles. The van der Waals surface area contributed by atoms with Gasteiger partial charge in [-0.1, -0.05) is 60.7 Å². The first-order valence-corrected chi connectivity index (χ1v) is 15.6. The molecule has 4 aromatic rings. The number of carbonyl (C=O) groups is 2. The van der Waals surface area contributed by atoms with Crippen molar-refractivity contribution in [3.05, 3.63) is 105 Å². The SMILES string of the molecule is Cn1ccc2c1c(=O)n(COCCOCC(COC(=O)C(O)c1ccccc1)OCCOCCOC(=O)C(O)c1ccccc1)c(=O)n2C. The van der Waals surface area contributed by atoms with Crippen LogP contribution in [0.5, 0.6) is 0 Å². The van der Waals surface area contributed by atoms with Gasteiger partial charge in [0.1, 0.15) is 31.6 Å². The van der Waals surface area contributed by atoms with Crippen LogP contribution in [0, 0.1) is 0 Å². The summed E-state index contributed by atoms with van der Waals surface area (Å²) in [6.07, 6.45) is -1.92. The van der Waals surface area contributed by atoms with E-state index in [-0.39, 0.29) is 59.6 Å². The first-order valence-electron chi connectivity index (χ1n) is 15.6. The Morgan fingerprint density at radius 1 is 0.694 bits per heavy atom. The molecule has 0 saturated heterocycles. The summed E-state index contributed by atoms with van der Waals surface area (Å²) in [7, 11) is 3.29. The van der Waals surface area contributed by atoms with E-state index in [1.807, 2.05) is 0 Å². The first-order chi connectivity index (χ1) is 23.7. The van der Waals surface area contributed by atoms with Crippen LogP contribution in [-0.2, 0) is 58.8 Å². The van der Waals surface area contributed by atoms with Crippen molar-refractivity contribution in [1.82, 2.24) is 13.7 Å². The zero-order valence-electron chi connectivity index (χ0n) is 27.3. The van der Waals surface area contributed by atoms with E-state index in [2.05, 4.69) is 0 Å². The monoisotopic (exact) mass is 683 g/mol. The molecule has 3 unspecified atom stereocenters. The highest BCUT2D eigenvalue weighted by atomic mass is 16.6. The molecule has 0 aliphatic heterocycles. The number of ether oxygens (including phenoxy) is 6. The lowest BCUT2D eigenvalue weighted by atomic mass is 10.1. The molecule has 3 atom stereocenters. The van der Waals surface area contributed by atoms with Crippen LogP contribution in [0.2, 0.25) is 0 Å². The molecule has 0 bridgehead atoms. The maximum Gasteiger partial charge on any atom is 0.339 e. The quantitative estimate of drug-likeness (QED) is 0.0999. The highest BCUT2D eigenvalue weighted by molar-refractivity contribution is 5.77. The molecule has 264 valence electrons. The van der Waals surface area contributed by atoms with Crippen molar-refractivity contribution in [2.75, 3.05) is 52.9 Å². The minimum absolute atomic E-state index is 0.0237. The molecule has 15 nitrogen and oxygen atoms in total. The molecule has 0 saturated carbocycles. The summed E-state index contributed by atoms with van der Waals surface area (Å²) in [6, 6.07) is 18.4. The van der Waals surface area contributed by atoms with E-state index in [0.717, 1.165) is 4.57 Å². The van der Waals surface area contributed by atoms with Gasteiger partial charge in [0.05, 0.1) is 45.2 Å². The van der Waals surface area contributed by atoms with Crippen molar-refractivity contribution >= 4 is 23.0 Å². The summed E-state index contributed by atoms with van der Waals surface area (Å²) >= 11 is 0. The molecule has 0 aliphatic rings. The number of aliphatic hydroxyl groups excluding tert-OH is 2. The highest BCUT2D eigenvalue weighted by Gasteiger charge is 2.22. The average Bonchev–Trinajstić information content (AvgIpc) is 3.52. The standard InChI is InChI=1S/C34H41N3O12/c1-35-14-13-27-28(35)31(40)37(34(43)36(27)2)23-46-16-15-45-21-26(22-49-33(42)30(39)25-11-7-4-8-12-25)47-19-17-44-18-20-48-32(41)29(38)24-9-5-3-6-10-24/h3-14,26,29-30,38-39H,15-23H2,1-2H3. The van der Waals surface area contributed by atoms with Crippen LogP contribution in [0.3, 0.4) is 0 Å². The van der Waals surface area contributed by atoms with Crippen molar-refractivity contribution in [3.63, 3.8) is 0 Å². The van der Waals surface area contributed by atoms with Crippen LogP contribution in [0.1, 0.15) is 23.3 Å². The molecule has 2 N–H and O–H groups in total. The molecule has 2 heterocycles. The van der Waals surface area contributed by atoms with E-state index in [0.29, 0.717) is 22.2 Å². The average molecular weight is 684 g/mol. The number of carbonyl (C=O) groups excluding carboxylic acids is 2. The fourth-order valence-corrected chi connectivity index (χ4v) is 4.75. The Morgan fingerprint density at radius 2 is 1.27 bits per heavy atom. The Labute approximate surface area is 281 Å². The Hall–Kier alpha value is -4.64. The lowest BCUT2D eigenvalue weighted by Crippen LogP contribution is -2.40. The van der Waals surface area contributed by atoms with Crippen molar-refractivity contribution in [3.8, 4) is 0 Å². The lowest BCUT2D eigenvalue weighted by molar-refractivity contribution is -0.161. The number of rotatable bonds is 20. The van der Waals surface area contributed by atoms with E-state index in [1.165, 1.54) is 4.57 Å². The second-order valence-corrected chi connectivity index (χ2v) is 10.9. The molecular weight excluding hydrogens is 642 g/mol. The second kappa shape index (κ2) is 18.8. The van der Waals surface area contributed by atoms with Crippen molar-refractivity contribution < 1.29 is 48.2 Å². The van der Waals surface area contributed by atoms with Crippen molar-refractivity contribution in [1.29, 1.82) is 0 Å². The Balaban J connectivity index is 1.20. The predicted octanol–water partition coefficient (Wildman–Crippen LogP) is 0.985. The number of nitrogens with zero attached hydrogens (tertiary/aromatic N) is 3. The maximum absolute atomic E-state index is 12.9. The van der Waals surface area contributed by atoms with Crippen LogP contribution in [0.25, 0.3) is 11.0 Å². The number of benzene rings is 2. The van der Waals surface area contributed by atoms with Crippen LogP contribution in [0.4, 0.5) is 0 Å². The van der Waals surface area contributed by atoms with E-state index in [9.17, 15) is 29.4 Å². The van der Waals surface area contributed by atoms with Gasteiger partial charge in [-0.3, -0.25) is 9.36 Å². The molecule has 2 aromatic heterocycles. The van der Waals surface area contributed by atoms with Gasteiger partial charge >= 0.3 is 17.6 Å². The summed E-state index contributed by atoms with van der Waals surface area (Å²) in [5.74, 6) is -1.65. The number of hydrogen-bond donors (Lipinski definition) is 2. The summed E-state index contributed by atoms with van der Waals surface area (Å²) in [6.45, 7) is -0.281. The minimum atomic E-state index is -1.48. The summed E-state index contributed by atoms with van der Waals surface area (Å²) in [4.78, 5) is 50.0. The molecule has 0 spiro atoms. The summed E-state index contributed by atoms with van der Waals surface area (Å²) < 4.78 is 36.8. The minimum Gasteiger partial charge on any atom is -0.461 e. The van der Waals surface area contributed by atoms with E-state index in [1.54, 1.807) is 91.6 Å². The van der Waals surface area contributed by atoms with Gasteiger partial charge in [0.2, 0.25) is 0 Å². The van der Waals surface area contributed by atoms with Crippen molar-refractivity contribution in [2.45, 2.75) is 25.0 Å². The Kier molecular flexibility index (Phi) is 14.3. The number of aromatic nitrogens is 3.